The first-order chi connectivity index (χ1) is 6.14. The second-order valence-corrected chi connectivity index (χ2v) is 6.43. The van der Waals surface area contributed by atoms with Crippen LogP contribution in [-0.4, -0.2) is 40.2 Å². The quantitative estimate of drug-likeness (QED) is 0.574. The van der Waals surface area contributed by atoms with Gasteiger partial charge in [0.2, 0.25) is 0 Å². The Hall–Kier alpha value is 0.275. The Bertz CT molecular complexity index is 185. The van der Waals surface area contributed by atoms with Crippen molar-refractivity contribution >= 4 is 17.9 Å². The third-order valence-electron chi connectivity index (χ3n) is 2.82. The van der Waals surface area contributed by atoms with Crippen LogP contribution < -0.4 is 0 Å². The summed E-state index contributed by atoms with van der Waals surface area (Å²) in [5, 5.41) is 0. The Kier molecular flexibility index (Phi) is 3.26. The molecule has 4 heteroatoms. The van der Waals surface area contributed by atoms with Crippen LogP contribution in [0.2, 0.25) is 0 Å². The maximum atomic E-state index is 6.47. The Morgan fingerprint density at radius 3 is 1.29 bits per heavy atom. The lowest BCUT2D eigenvalue weighted by atomic mass is 9.91. The van der Waals surface area contributed by atoms with Crippen molar-refractivity contribution in [3.05, 3.63) is 0 Å². The zero-order chi connectivity index (χ0) is 11.1. The van der Waals surface area contributed by atoms with E-state index < -0.39 is 0 Å². The number of hydrogen-bond donors (Lipinski definition) is 0. The van der Waals surface area contributed by atoms with E-state index in [1.165, 1.54) is 0 Å². The van der Waals surface area contributed by atoms with Crippen molar-refractivity contribution < 1.29 is 0 Å². The van der Waals surface area contributed by atoms with E-state index in [9.17, 15) is 0 Å². The van der Waals surface area contributed by atoms with Gasteiger partial charge in [0.05, 0.1) is 0 Å². The average molecular weight is 217 g/mol. The van der Waals surface area contributed by atoms with Crippen LogP contribution in [0.1, 0.15) is 41.5 Å². The van der Waals surface area contributed by atoms with E-state index in [0.717, 1.165) is 13.1 Å². The van der Waals surface area contributed by atoms with E-state index in [-0.39, 0.29) is 17.5 Å². The standard InChI is InChI=1S/C10H22BClN2/c1-9(2,3)13-7-8-14(11(13)12)10(4,5)6/h7-8H2,1-6H3. The van der Waals surface area contributed by atoms with Crippen molar-refractivity contribution in [3.63, 3.8) is 0 Å². The second kappa shape index (κ2) is 3.69. The number of hydrogen-bond acceptors (Lipinski definition) is 2. The first-order valence-electron chi connectivity index (χ1n) is 5.31. The first kappa shape index (κ1) is 12.3. The lowest BCUT2D eigenvalue weighted by molar-refractivity contribution is 0.271. The molecule has 0 atom stereocenters. The molecule has 1 rings (SSSR count). The normalized spacial score (nSPS) is 22.1. The molecule has 0 bridgehead atoms. The molecule has 0 amide bonds. The molecule has 0 aliphatic carbocycles. The lowest BCUT2D eigenvalue weighted by Gasteiger charge is -2.37. The molecule has 0 N–H and O–H groups in total. The van der Waals surface area contributed by atoms with Crippen LogP contribution in [0.4, 0.5) is 0 Å². The minimum absolute atomic E-state index is 0.0370. The summed E-state index contributed by atoms with van der Waals surface area (Å²) in [6, 6.07) is 0. The van der Waals surface area contributed by atoms with Crippen LogP contribution in [-0.2, 0) is 0 Å². The fourth-order valence-corrected chi connectivity index (χ4v) is 2.69. The van der Waals surface area contributed by atoms with Gasteiger partial charge in [-0.2, -0.15) is 0 Å². The summed E-state index contributed by atoms with van der Waals surface area (Å²) >= 11 is 6.47. The van der Waals surface area contributed by atoms with Gasteiger partial charge in [0, 0.05) is 24.2 Å². The molecular formula is C10H22BClN2. The van der Waals surface area contributed by atoms with E-state index in [1.807, 2.05) is 0 Å². The highest BCUT2D eigenvalue weighted by atomic mass is 35.5. The summed E-state index contributed by atoms with van der Waals surface area (Å²) in [6.45, 7) is 15.4. The zero-order valence-electron chi connectivity index (χ0n) is 10.3. The molecule has 0 saturated carbocycles. The first-order valence-corrected chi connectivity index (χ1v) is 5.75. The third kappa shape index (κ3) is 2.44. The lowest BCUT2D eigenvalue weighted by Crippen LogP contribution is -2.53. The summed E-state index contributed by atoms with van der Waals surface area (Å²) in [5.74, 6) is 0. The maximum Gasteiger partial charge on any atom is 0.420 e. The van der Waals surface area contributed by atoms with Gasteiger partial charge in [-0.25, -0.2) is 0 Å². The number of nitrogens with zero attached hydrogens (tertiary/aromatic N) is 2. The molecule has 1 heterocycles. The van der Waals surface area contributed by atoms with E-state index in [2.05, 4.69) is 51.2 Å². The molecule has 1 aliphatic rings. The summed E-state index contributed by atoms with van der Waals surface area (Å²) in [4.78, 5) is 4.69. The van der Waals surface area contributed by atoms with Crippen LogP contribution in [0.25, 0.3) is 0 Å². The molecule has 0 aromatic heterocycles. The van der Waals surface area contributed by atoms with Gasteiger partial charge < -0.3 is 9.62 Å². The van der Waals surface area contributed by atoms with Gasteiger partial charge >= 0.3 is 6.40 Å². The molecule has 1 saturated heterocycles. The number of halogens is 1. The van der Waals surface area contributed by atoms with Gasteiger partial charge in [0.25, 0.3) is 0 Å². The second-order valence-electron chi connectivity index (χ2n) is 6.04. The molecule has 82 valence electrons. The van der Waals surface area contributed by atoms with Gasteiger partial charge in [-0.15, -0.1) is 11.5 Å². The van der Waals surface area contributed by atoms with Crippen molar-refractivity contribution in [2.75, 3.05) is 13.1 Å². The minimum Gasteiger partial charge on any atom is -0.308 e. The highest BCUT2D eigenvalue weighted by Gasteiger charge is 2.44. The molecule has 0 radical (unpaired) electrons. The topological polar surface area (TPSA) is 6.48 Å². The Morgan fingerprint density at radius 2 is 1.14 bits per heavy atom. The van der Waals surface area contributed by atoms with E-state index in [1.54, 1.807) is 0 Å². The highest BCUT2D eigenvalue weighted by Crippen LogP contribution is 2.28. The molecular weight excluding hydrogens is 194 g/mol. The predicted molar refractivity (Wildman–Crippen MR) is 64.5 cm³/mol. The van der Waals surface area contributed by atoms with Crippen LogP contribution in [0.5, 0.6) is 0 Å². The van der Waals surface area contributed by atoms with Crippen molar-refractivity contribution in [2.45, 2.75) is 52.6 Å². The van der Waals surface area contributed by atoms with Crippen LogP contribution >= 0.6 is 11.5 Å². The molecule has 0 spiro atoms. The number of rotatable bonds is 0. The zero-order valence-corrected chi connectivity index (χ0v) is 11.0. The molecule has 0 aromatic carbocycles. The molecule has 0 aromatic rings. The van der Waals surface area contributed by atoms with Crippen LogP contribution in [0.3, 0.4) is 0 Å². The Morgan fingerprint density at radius 1 is 0.857 bits per heavy atom. The van der Waals surface area contributed by atoms with E-state index >= 15 is 0 Å². The van der Waals surface area contributed by atoms with Gasteiger partial charge in [-0.1, -0.05) is 0 Å². The van der Waals surface area contributed by atoms with E-state index in [4.69, 9.17) is 11.5 Å². The predicted octanol–water partition coefficient (Wildman–Crippen LogP) is 2.42. The Balaban J connectivity index is 2.75. The average Bonchev–Trinajstić information content (AvgIpc) is 2.26. The Labute approximate surface area is 93.6 Å². The summed E-state index contributed by atoms with van der Waals surface area (Å²) in [7, 11) is 0. The smallest absolute Gasteiger partial charge is 0.308 e. The minimum atomic E-state index is 0.0370. The molecule has 2 nitrogen and oxygen atoms in total. The largest absolute Gasteiger partial charge is 0.420 e. The van der Waals surface area contributed by atoms with Crippen molar-refractivity contribution in [3.8, 4) is 0 Å². The van der Waals surface area contributed by atoms with E-state index in [0.29, 0.717) is 0 Å². The molecule has 1 aliphatic heterocycles. The van der Waals surface area contributed by atoms with Crippen molar-refractivity contribution in [1.29, 1.82) is 0 Å². The maximum absolute atomic E-state index is 6.47. The molecule has 0 unspecified atom stereocenters. The fourth-order valence-electron chi connectivity index (χ4n) is 1.91. The summed E-state index contributed by atoms with van der Waals surface area (Å²) in [5.41, 5.74) is 0.318. The third-order valence-corrected chi connectivity index (χ3v) is 3.29. The van der Waals surface area contributed by atoms with Gasteiger partial charge in [0.15, 0.2) is 0 Å². The van der Waals surface area contributed by atoms with Crippen molar-refractivity contribution in [1.82, 2.24) is 9.62 Å². The highest BCUT2D eigenvalue weighted by molar-refractivity contribution is 7.04. The monoisotopic (exact) mass is 216 g/mol. The van der Waals surface area contributed by atoms with Gasteiger partial charge in [-0.05, 0) is 41.5 Å². The van der Waals surface area contributed by atoms with Crippen LogP contribution in [0.15, 0.2) is 0 Å². The summed E-state index contributed by atoms with van der Waals surface area (Å²) < 4.78 is 0. The molecule has 14 heavy (non-hydrogen) atoms. The summed E-state index contributed by atoms with van der Waals surface area (Å²) in [6.07, 6.45) is 0.0370. The fraction of sp³-hybridized carbons (Fsp3) is 1.00. The van der Waals surface area contributed by atoms with Gasteiger partial charge in [0.1, 0.15) is 0 Å². The van der Waals surface area contributed by atoms with Gasteiger partial charge in [-0.3, -0.25) is 0 Å². The SMILES string of the molecule is CC(C)(C)N1CCN(C(C)(C)C)B1Cl. The van der Waals surface area contributed by atoms with Crippen molar-refractivity contribution in [2.24, 2.45) is 0 Å². The molecule has 1 fully saturated rings. The van der Waals surface area contributed by atoms with Crippen LogP contribution in [0, 0.1) is 0 Å².